The fourth-order valence-electron chi connectivity index (χ4n) is 2.81. The van der Waals surface area contributed by atoms with E-state index >= 15 is 0 Å². The summed E-state index contributed by atoms with van der Waals surface area (Å²) in [4.78, 5) is 24.7. The molecule has 3 rings (SSSR count). The molecule has 24 heavy (non-hydrogen) atoms. The molecule has 1 amide bonds. The Balaban J connectivity index is 2.23. The molecule has 5 nitrogen and oxygen atoms in total. The van der Waals surface area contributed by atoms with E-state index in [-0.39, 0.29) is 12.2 Å². The first-order valence-electron chi connectivity index (χ1n) is 7.65. The fraction of sp³-hybridized carbons (Fsp3) is 0.158. The van der Waals surface area contributed by atoms with Crippen LogP contribution in [-0.2, 0) is 19.9 Å². The van der Waals surface area contributed by atoms with E-state index in [0.717, 1.165) is 0 Å². The molecule has 0 bridgehead atoms. The van der Waals surface area contributed by atoms with Crippen LogP contribution >= 0.6 is 0 Å². The number of amides is 1. The molecule has 2 aromatic carbocycles. The summed E-state index contributed by atoms with van der Waals surface area (Å²) in [5.41, 5.74) is -0.267. The number of benzene rings is 2. The highest BCUT2D eigenvalue weighted by atomic mass is 16.5. The maximum absolute atomic E-state index is 12.7. The predicted molar refractivity (Wildman–Crippen MR) is 90.0 cm³/mol. The van der Waals surface area contributed by atoms with Crippen LogP contribution in [0.15, 0.2) is 60.7 Å². The molecule has 1 unspecified atom stereocenters. The third-order valence-corrected chi connectivity index (χ3v) is 3.92. The minimum Gasteiger partial charge on any atom is -0.463 e. The Hall–Kier alpha value is -2.92. The molecule has 0 saturated heterocycles. The molecule has 2 N–H and O–H groups in total. The van der Waals surface area contributed by atoms with Gasteiger partial charge in [0.05, 0.1) is 6.61 Å². The smallest absolute Gasteiger partial charge is 0.331 e. The normalized spacial score (nSPS) is 21.1. The molecule has 0 radical (unpaired) electrons. The Labute approximate surface area is 139 Å². The minimum absolute atomic E-state index is 0.200. The summed E-state index contributed by atoms with van der Waals surface area (Å²) in [7, 11) is 0. The van der Waals surface area contributed by atoms with Gasteiger partial charge in [-0.3, -0.25) is 4.79 Å². The monoisotopic (exact) mass is 323 g/mol. The number of para-hydroxylation sites is 1. The SMILES string of the molecule is CCOC(=O)/C=C1\c2ccccc2NC(=O)C1(O)c1ccccc1. The minimum atomic E-state index is -1.97. The van der Waals surface area contributed by atoms with Crippen LogP contribution in [-0.4, -0.2) is 23.6 Å². The third-order valence-electron chi connectivity index (χ3n) is 3.92. The molecule has 1 heterocycles. The molecule has 0 fully saturated rings. The summed E-state index contributed by atoms with van der Waals surface area (Å²) in [5, 5.41) is 13.9. The van der Waals surface area contributed by atoms with Gasteiger partial charge in [-0.2, -0.15) is 0 Å². The molecule has 1 aliphatic rings. The zero-order valence-electron chi connectivity index (χ0n) is 13.2. The molecule has 122 valence electrons. The Bertz CT molecular complexity index is 813. The number of fused-ring (bicyclic) bond motifs is 1. The van der Waals surface area contributed by atoms with Crippen molar-refractivity contribution in [2.45, 2.75) is 12.5 Å². The largest absolute Gasteiger partial charge is 0.463 e. The number of carbonyl (C=O) groups is 2. The van der Waals surface area contributed by atoms with Crippen molar-refractivity contribution in [2.24, 2.45) is 0 Å². The number of carbonyl (C=O) groups excluding carboxylic acids is 2. The lowest BCUT2D eigenvalue weighted by molar-refractivity contribution is -0.137. The molecule has 0 aliphatic carbocycles. The van der Waals surface area contributed by atoms with E-state index in [4.69, 9.17) is 4.74 Å². The lowest BCUT2D eigenvalue weighted by Crippen LogP contribution is -2.44. The molecular formula is C19H17NO4. The van der Waals surface area contributed by atoms with Gasteiger partial charge in [-0.25, -0.2) is 4.79 Å². The van der Waals surface area contributed by atoms with E-state index in [2.05, 4.69) is 5.32 Å². The summed E-state index contributed by atoms with van der Waals surface area (Å²) in [6, 6.07) is 15.5. The second-order valence-corrected chi connectivity index (χ2v) is 5.39. The van der Waals surface area contributed by atoms with Crippen molar-refractivity contribution in [2.75, 3.05) is 11.9 Å². The molecule has 0 aromatic heterocycles. The number of ether oxygens (including phenoxy) is 1. The first kappa shape index (κ1) is 16.0. The molecule has 2 aromatic rings. The Morgan fingerprint density at radius 2 is 1.83 bits per heavy atom. The number of hydrogen-bond acceptors (Lipinski definition) is 4. The second-order valence-electron chi connectivity index (χ2n) is 5.39. The number of nitrogens with one attached hydrogen (secondary N) is 1. The topological polar surface area (TPSA) is 75.6 Å². The first-order valence-corrected chi connectivity index (χ1v) is 7.65. The lowest BCUT2D eigenvalue weighted by Gasteiger charge is -2.35. The van der Waals surface area contributed by atoms with Crippen molar-refractivity contribution in [3.63, 3.8) is 0 Å². The highest BCUT2D eigenvalue weighted by Gasteiger charge is 2.46. The van der Waals surface area contributed by atoms with Gasteiger partial charge in [0.25, 0.3) is 5.91 Å². The van der Waals surface area contributed by atoms with Gasteiger partial charge in [-0.05, 0) is 18.6 Å². The summed E-state index contributed by atoms with van der Waals surface area (Å²) in [6.45, 7) is 1.90. The van der Waals surface area contributed by atoms with E-state index < -0.39 is 17.5 Å². The number of esters is 1. The van der Waals surface area contributed by atoms with Crippen molar-refractivity contribution in [3.05, 3.63) is 71.8 Å². The number of hydrogen-bond donors (Lipinski definition) is 2. The van der Waals surface area contributed by atoms with E-state index in [1.807, 2.05) is 0 Å². The number of rotatable bonds is 3. The van der Waals surface area contributed by atoms with E-state index in [1.165, 1.54) is 6.08 Å². The van der Waals surface area contributed by atoms with Gasteiger partial charge in [0.2, 0.25) is 0 Å². The summed E-state index contributed by atoms with van der Waals surface area (Å²) < 4.78 is 4.97. The van der Waals surface area contributed by atoms with Crippen LogP contribution in [0.5, 0.6) is 0 Å². The average molecular weight is 323 g/mol. The van der Waals surface area contributed by atoms with Crippen LogP contribution in [0.2, 0.25) is 0 Å². The fourth-order valence-corrected chi connectivity index (χ4v) is 2.81. The van der Waals surface area contributed by atoms with Crippen molar-refractivity contribution < 1.29 is 19.4 Å². The van der Waals surface area contributed by atoms with Crippen LogP contribution < -0.4 is 5.32 Å². The van der Waals surface area contributed by atoms with Crippen LogP contribution in [0.1, 0.15) is 18.1 Å². The van der Waals surface area contributed by atoms with E-state index in [1.54, 1.807) is 61.5 Å². The van der Waals surface area contributed by atoms with Crippen molar-refractivity contribution in [1.82, 2.24) is 0 Å². The van der Waals surface area contributed by atoms with Crippen molar-refractivity contribution in [1.29, 1.82) is 0 Å². The Morgan fingerprint density at radius 3 is 2.54 bits per heavy atom. The standard InChI is InChI=1S/C19H17NO4/c1-2-24-17(21)12-15-14-10-6-7-11-16(14)20-18(22)19(15,23)13-8-4-3-5-9-13/h3-12,23H,2H2,1H3,(H,20,22)/b15-12+. The first-order chi connectivity index (χ1) is 11.6. The van der Waals surface area contributed by atoms with Gasteiger partial charge >= 0.3 is 5.97 Å². The second kappa shape index (κ2) is 6.29. The predicted octanol–water partition coefficient (Wildman–Crippen LogP) is 2.47. The Kier molecular flexibility index (Phi) is 4.18. The van der Waals surface area contributed by atoms with Gasteiger partial charge in [0.15, 0.2) is 5.60 Å². The molecular weight excluding hydrogens is 306 g/mol. The highest BCUT2D eigenvalue weighted by Crippen LogP contribution is 2.43. The van der Waals surface area contributed by atoms with Crippen molar-refractivity contribution in [3.8, 4) is 0 Å². The van der Waals surface area contributed by atoms with Crippen LogP contribution in [0.4, 0.5) is 5.69 Å². The quantitative estimate of drug-likeness (QED) is 0.672. The highest BCUT2D eigenvalue weighted by molar-refractivity contribution is 6.15. The maximum Gasteiger partial charge on any atom is 0.331 e. The van der Waals surface area contributed by atoms with Gasteiger partial charge in [-0.15, -0.1) is 0 Å². The zero-order valence-corrected chi connectivity index (χ0v) is 13.2. The van der Waals surface area contributed by atoms with Crippen molar-refractivity contribution >= 4 is 23.1 Å². The molecule has 1 aliphatic heterocycles. The summed E-state index contributed by atoms with van der Waals surface area (Å²) in [6.07, 6.45) is 1.19. The maximum atomic E-state index is 12.7. The number of anilines is 1. The van der Waals surface area contributed by atoms with Crippen LogP contribution in [0.25, 0.3) is 5.57 Å². The summed E-state index contributed by atoms with van der Waals surface area (Å²) in [5.74, 6) is -1.21. The third kappa shape index (κ3) is 2.59. The molecule has 0 saturated carbocycles. The average Bonchev–Trinajstić information content (AvgIpc) is 2.60. The lowest BCUT2D eigenvalue weighted by atomic mass is 9.78. The van der Waals surface area contributed by atoms with Gasteiger partial charge < -0.3 is 15.2 Å². The zero-order chi connectivity index (χ0) is 17.2. The number of aliphatic hydroxyl groups is 1. The molecule has 1 atom stereocenters. The molecule has 0 spiro atoms. The van der Waals surface area contributed by atoms with Gasteiger partial charge in [0, 0.05) is 22.9 Å². The van der Waals surface area contributed by atoms with E-state index in [0.29, 0.717) is 16.8 Å². The summed E-state index contributed by atoms with van der Waals surface area (Å²) >= 11 is 0. The van der Waals surface area contributed by atoms with Crippen LogP contribution in [0.3, 0.4) is 0 Å². The van der Waals surface area contributed by atoms with Gasteiger partial charge in [0.1, 0.15) is 0 Å². The Morgan fingerprint density at radius 1 is 1.17 bits per heavy atom. The van der Waals surface area contributed by atoms with Crippen LogP contribution in [0, 0.1) is 0 Å². The van der Waals surface area contributed by atoms with Gasteiger partial charge in [-0.1, -0.05) is 48.5 Å². The molecule has 5 heteroatoms. The van der Waals surface area contributed by atoms with E-state index in [9.17, 15) is 14.7 Å².